The zero-order valence-corrected chi connectivity index (χ0v) is 12.6. The number of hydrogen-bond donors (Lipinski definition) is 1. The van der Waals surface area contributed by atoms with Crippen LogP contribution in [0.4, 0.5) is 0 Å². The van der Waals surface area contributed by atoms with Crippen molar-refractivity contribution in [3.05, 3.63) is 63.6 Å². The number of halogens is 1. The van der Waals surface area contributed by atoms with E-state index in [9.17, 15) is 5.11 Å². The third-order valence-corrected chi connectivity index (χ3v) is 3.65. The van der Waals surface area contributed by atoms with E-state index in [1.165, 1.54) is 5.56 Å². The maximum Gasteiger partial charge on any atom is 0.125 e. The number of rotatable bonds is 4. The van der Waals surface area contributed by atoms with E-state index >= 15 is 0 Å². The number of benzene rings is 2. The topological polar surface area (TPSA) is 29.5 Å². The Morgan fingerprint density at radius 1 is 1.21 bits per heavy atom. The van der Waals surface area contributed by atoms with E-state index in [2.05, 4.69) is 28.9 Å². The van der Waals surface area contributed by atoms with Crippen LogP contribution in [0.2, 0.25) is 0 Å². The van der Waals surface area contributed by atoms with Gasteiger partial charge in [-0.3, -0.25) is 0 Å². The fraction of sp³-hybridized carbons (Fsp3) is 0.250. The normalized spacial score (nSPS) is 12.2. The second-order valence-electron chi connectivity index (χ2n) is 4.39. The summed E-state index contributed by atoms with van der Waals surface area (Å²) in [4.78, 5) is 0. The Labute approximate surface area is 122 Å². The molecule has 0 bridgehead atoms. The van der Waals surface area contributed by atoms with Gasteiger partial charge in [-0.2, -0.15) is 0 Å². The van der Waals surface area contributed by atoms with Gasteiger partial charge in [-0.05, 0) is 35.7 Å². The minimum atomic E-state index is -0.682. The Morgan fingerprint density at radius 3 is 2.68 bits per heavy atom. The first-order chi connectivity index (χ1) is 9.15. The molecule has 0 spiro atoms. The van der Waals surface area contributed by atoms with Crippen LogP contribution in [0, 0.1) is 0 Å². The summed E-state index contributed by atoms with van der Waals surface area (Å²) in [5.41, 5.74) is 2.87. The summed E-state index contributed by atoms with van der Waals surface area (Å²) >= 11 is 3.43. The monoisotopic (exact) mass is 320 g/mol. The molecule has 1 unspecified atom stereocenters. The standard InChI is InChI=1S/C16H17BrO2/c1-3-11-5-4-6-12(9-11)16(18)14-10-13(17)7-8-15(14)19-2/h4-10,16,18H,3H2,1-2H3. The number of methoxy groups -OCH3 is 1. The lowest BCUT2D eigenvalue weighted by Crippen LogP contribution is -2.03. The lowest BCUT2D eigenvalue weighted by Gasteiger charge is -2.16. The van der Waals surface area contributed by atoms with E-state index in [1.54, 1.807) is 7.11 Å². The number of aryl methyl sites for hydroxylation is 1. The molecule has 0 aliphatic heterocycles. The van der Waals surface area contributed by atoms with Crippen LogP contribution in [-0.4, -0.2) is 12.2 Å². The summed E-state index contributed by atoms with van der Waals surface area (Å²) in [6, 6.07) is 13.7. The van der Waals surface area contributed by atoms with Gasteiger partial charge in [-0.1, -0.05) is 47.1 Å². The number of ether oxygens (including phenoxy) is 1. The van der Waals surface area contributed by atoms with E-state index in [0.717, 1.165) is 22.0 Å². The molecule has 0 saturated heterocycles. The van der Waals surface area contributed by atoms with E-state index in [0.29, 0.717) is 5.75 Å². The maximum absolute atomic E-state index is 10.5. The molecule has 0 aliphatic carbocycles. The predicted octanol–water partition coefficient (Wildman–Crippen LogP) is 4.10. The van der Waals surface area contributed by atoms with E-state index < -0.39 is 6.10 Å². The largest absolute Gasteiger partial charge is 0.496 e. The van der Waals surface area contributed by atoms with Crippen LogP contribution in [0.25, 0.3) is 0 Å². The van der Waals surface area contributed by atoms with Gasteiger partial charge in [0.15, 0.2) is 0 Å². The SMILES string of the molecule is CCc1cccc(C(O)c2cc(Br)ccc2OC)c1. The molecule has 0 aromatic heterocycles. The van der Waals surface area contributed by atoms with Crippen molar-refractivity contribution in [2.24, 2.45) is 0 Å². The van der Waals surface area contributed by atoms with Crippen LogP contribution in [0.5, 0.6) is 5.75 Å². The minimum absolute atomic E-state index is 0.682. The fourth-order valence-electron chi connectivity index (χ4n) is 2.08. The molecule has 2 aromatic carbocycles. The average Bonchev–Trinajstić information content (AvgIpc) is 2.46. The number of aliphatic hydroxyl groups excluding tert-OH is 1. The molecule has 0 saturated carbocycles. The van der Waals surface area contributed by atoms with Crippen LogP contribution >= 0.6 is 15.9 Å². The van der Waals surface area contributed by atoms with Crippen molar-refractivity contribution < 1.29 is 9.84 Å². The highest BCUT2D eigenvalue weighted by atomic mass is 79.9. The van der Waals surface area contributed by atoms with Crippen molar-refractivity contribution >= 4 is 15.9 Å². The van der Waals surface area contributed by atoms with Crippen LogP contribution < -0.4 is 4.74 Å². The van der Waals surface area contributed by atoms with Crippen LogP contribution in [0.1, 0.15) is 29.7 Å². The van der Waals surface area contributed by atoms with Gasteiger partial charge in [-0.25, -0.2) is 0 Å². The summed E-state index contributed by atoms with van der Waals surface area (Å²) in [6.45, 7) is 2.10. The maximum atomic E-state index is 10.5. The molecular formula is C16H17BrO2. The molecule has 1 atom stereocenters. The van der Waals surface area contributed by atoms with Gasteiger partial charge >= 0.3 is 0 Å². The smallest absolute Gasteiger partial charge is 0.125 e. The van der Waals surface area contributed by atoms with Crippen molar-refractivity contribution in [2.75, 3.05) is 7.11 Å². The Bertz CT molecular complexity index is 566. The molecule has 0 radical (unpaired) electrons. The van der Waals surface area contributed by atoms with Gasteiger partial charge in [0.25, 0.3) is 0 Å². The van der Waals surface area contributed by atoms with Gasteiger partial charge < -0.3 is 9.84 Å². The first-order valence-electron chi connectivity index (χ1n) is 6.26. The average molecular weight is 321 g/mol. The Kier molecular flexibility index (Phi) is 4.61. The lowest BCUT2D eigenvalue weighted by atomic mass is 9.98. The molecule has 0 amide bonds. The van der Waals surface area contributed by atoms with Crippen molar-refractivity contribution in [2.45, 2.75) is 19.4 Å². The van der Waals surface area contributed by atoms with Crippen molar-refractivity contribution in [3.8, 4) is 5.75 Å². The molecule has 2 nitrogen and oxygen atoms in total. The molecular weight excluding hydrogens is 304 g/mol. The molecule has 3 heteroatoms. The van der Waals surface area contributed by atoms with Crippen molar-refractivity contribution in [1.82, 2.24) is 0 Å². The fourth-order valence-corrected chi connectivity index (χ4v) is 2.46. The van der Waals surface area contributed by atoms with Gasteiger partial charge in [-0.15, -0.1) is 0 Å². The van der Waals surface area contributed by atoms with Gasteiger partial charge in [0.05, 0.1) is 7.11 Å². The van der Waals surface area contributed by atoms with Gasteiger partial charge in [0.1, 0.15) is 11.9 Å². The third-order valence-electron chi connectivity index (χ3n) is 3.16. The predicted molar refractivity (Wildman–Crippen MR) is 80.6 cm³/mol. The van der Waals surface area contributed by atoms with Crippen molar-refractivity contribution in [3.63, 3.8) is 0 Å². The first-order valence-corrected chi connectivity index (χ1v) is 7.05. The molecule has 0 heterocycles. The molecule has 0 fully saturated rings. The highest BCUT2D eigenvalue weighted by molar-refractivity contribution is 9.10. The Balaban J connectivity index is 2.42. The quantitative estimate of drug-likeness (QED) is 0.918. The van der Waals surface area contributed by atoms with Crippen LogP contribution in [0.3, 0.4) is 0 Å². The van der Waals surface area contributed by atoms with E-state index in [1.807, 2.05) is 36.4 Å². The highest BCUT2D eigenvalue weighted by Gasteiger charge is 2.16. The third kappa shape index (κ3) is 3.17. The first kappa shape index (κ1) is 14.1. The van der Waals surface area contributed by atoms with Gasteiger partial charge in [0.2, 0.25) is 0 Å². The molecule has 0 aliphatic rings. The minimum Gasteiger partial charge on any atom is -0.496 e. The molecule has 1 N–H and O–H groups in total. The molecule has 2 rings (SSSR count). The molecule has 2 aromatic rings. The zero-order valence-electron chi connectivity index (χ0n) is 11.1. The second-order valence-corrected chi connectivity index (χ2v) is 5.30. The summed E-state index contributed by atoms with van der Waals surface area (Å²) in [7, 11) is 1.61. The highest BCUT2D eigenvalue weighted by Crippen LogP contribution is 2.32. The summed E-state index contributed by atoms with van der Waals surface area (Å²) in [5.74, 6) is 0.692. The number of hydrogen-bond acceptors (Lipinski definition) is 2. The summed E-state index contributed by atoms with van der Waals surface area (Å²) in [5, 5.41) is 10.5. The number of aliphatic hydroxyl groups is 1. The lowest BCUT2D eigenvalue weighted by molar-refractivity contribution is 0.214. The zero-order chi connectivity index (χ0) is 13.8. The Hall–Kier alpha value is -1.32. The molecule has 100 valence electrons. The van der Waals surface area contributed by atoms with Crippen molar-refractivity contribution in [1.29, 1.82) is 0 Å². The second kappa shape index (κ2) is 6.22. The van der Waals surface area contributed by atoms with Crippen LogP contribution in [-0.2, 0) is 6.42 Å². The van der Waals surface area contributed by atoms with Crippen LogP contribution in [0.15, 0.2) is 46.9 Å². The van der Waals surface area contributed by atoms with E-state index in [4.69, 9.17) is 4.74 Å². The summed E-state index contributed by atoms with van der Waals surface area (Å²) in [6.07, 6.45) is 0.273. The van der Waals surface area contributed by atoms with E-state index in [-0.39, 0.29) is 0 Å². The molecule has 19 heavy (non-hydrogen) atoms. The van der Waals surface area contributed by atoms with Gasteiger partial charge in [0, 0.05) is 10.0 Å². The Morgan fingerprint density at radius 2 is 2.00 bits per heavy atom. The summed E-state index contributed by atoms with van der Waals surface area (Å²) < 4.78 is 6.24.